The molecule has 4 aliphatic rings. The van der Waals surface area contributed by atoms with Crippen molar-refractivity contribution in [2.24, 2.45) is 5.92 Å². The van der Waals surface area contributed by atoms with Crippen LogP contribution in [0.15, 0.2) is 84.9 Å². The van der Waals surface area contributed by atoms with E-state index in [1.54, 1.807) is 44.2 Å². The second kappa shape index (κ2) is 17.2. The lowest BCUT2D eigenvalue weighted by molar-refractivity contribution is -0.133. The number of hydrogen-bond acceptors (Lipinski definition) is 9. The second-order valence-corrected chi connectivity index (χ2v) is 17.3. The Kier molecular flexibility index (Phi) is 11.8. The van der Waals surface area contributed by atoms with Crippen molar-refractivity contribution in [3.63, 3.8) is 0 Å². The second-order valence-electron chi connectivity index (χ2n) is 16.6. The van der Waals surface area contributed by atoms with Crippen molar-refractivity contribution >= 4 is 75.3 Å². The predicted octanol–water partition coefficient (Wildman–Crippen LogP) is 6.83. The van der Waals surface area contributed by atoms with Crippen LogP contribution in [0.25, 0.3) is 11.1 Å². The Labute approximate surface area is 364 Å². The molecule has 8 rings (SSSR count). The van der Waals surface area contributed by atoms with Gasteiger partial charge in [0.05, 0.1) is 22.0 Å². The van der Waals surface area contributed by atoms with Crippen LogP contribution in [0.3, 0.4) is 0 Å². The molecule has 2 N–H and O–H groups in total. The number of hydrogen-bond donors (Lipinski definition) is 2. The van der Waals surface area contributed by atoms with Gasteiger partial charge in [-0.3, -0.25) is 34.3 Å². The van der Waals surface area contributed by atoms with E-state index in [0.29, 0.717) is 48.7 Å². The zero-order chi connectivity index (χ0) is 43.0. The molecule has 0 saturated carbocycles. The number of anilines is 4. The topological polar surface area (TPSA) is 132 Å². The van der Waals surface area contributed by atoms with Gasteiger partial charge in [-0.05, 0) is 123 Å². The molecule has 0 aromatic heterocycles. The van der Waals surface area contributed by atoms with Crippen molar-refractivity contribution in [3.8, 4) is 17.2 Å². The summed E-state index contributed by atoms with van der Waals surface area (Å²) in [6.07, 6.45) is 2.69. The van der Waals surface area contributed by atoms with Gasteiger partial charge in [0.2, 0.25) is 11.8 Å². The van der Waals surface area contributed by atoms with E-state index in [1.165, 1.54) is 28.0 Å². The van der Waals surface area contributed by atoms with Crippen molar-refractivity contribution < 1.29 is 23.6 Å². The summed E-state index contributed by atoms with van der Waals surface area (Å²) in [6, 6.07) is 26.3. The number of rotatable bonds is 9. The lowest BCUT2D eigenvalue weighted by atomic mass is 9.95. The van der Waals surface area contributed by atoms with Crippen molar-refractivity contribution in [2.45, 2.75) is 51.1 Å². The lowest BCUT2D eigenvalue weighted by Crippen LogP contribution is -2.49. The monoisotopic (exact) mass is 860 g/mol. The number of halogens is 2. The first kappa shape index (κ1) is 41.8. The van der Waals surface area contributed by atoms with E-state index in [4.69, 9.17) is 23.8 Å². The number of piperazine rings is 1. The first-order valence-electron chi connectivity index (χ1n) is 20.6. The predicted molar refractivity (Wildman–Crippen MR) is 238 cm³/mol. The average molecular weight is 861 g/mol. The molecule has 4 aromatic carbocycles. The molecule has 0 bridgehead atoms. The number of thiocarbonyl (C=S) groups is 1. The fraction of sp³-hybridized carbons (Fsp3) is 0.348. The van der Waals surface area contributed by atoms with Crippen LogP contribution in [0.5, 0.6) is 0 Å². The lowest BCUT2D eigenvalue weighted by Gasteiger charge is -2.39. The van der Waals surface area contributed by atoms with Crippen molar-refractivity contribution in [1.82, 2.24) is 15.1 Å². The Morgan fingerprint density at radius 3 is 2.30 bits per heavy atom. The summed E-state index contributed by atoms with van der Waals surface area (Å²) in [5.41, 5.74) is 3.50. The zero-order valence-corrected chi connectivity index (χ0v) is 35.6. The minimum Gasteiger partial charge on any atom is -0.374 e. The molecular weight excluding hydrogens is 815 g/mol. The molecule has 4 amide bonds. The highest BCUT2D eigenvalue weighted by Crippen LogP contribution is 2.39. The quantitative estimate of drug-likeness (QED) is 0.137. The van der Waals surface area contributed by atoms with E-state index in [1.807, 2.05) is 35.2 Å². The fourth-order valence-electron chi connectivity index (χ4n) is 8.71. The van der Waals surface area contributed by atoms with E-state index in [0.717, 1.165) is 62.5 Å². The zero-order valence-electron chi connectivity index (χ0n) is 34.0. The van der Waals surface area contributed by atoms with Gasteiger partial charge < -0.3 is 20.0 Å². The largest absolute Gasteiger partial charge is 0.374 e. The number of carbonyl (C=O) groups is 4. The van der Waals surface area contributed by atoms with E-state index in [9.17, 15) is 24.4 Å². The molecule has 1 atom stereocenters. The van der Waals surface area contributed by atoms with E-state index < -0.39 is 17.4 Å². The van der Waals surface area contributed by atoms with Gasteiger partial charge >= 0.3 is 0 Å². The van der Waals surface area contributed by atoms with Crippen LogP contribution in [0.2, 0.25) is 5.02 Å². The van der Waals surface area contributed by atoms with Gasteiger partial charge in [0.1, 0.15) is 23.5 Å². The van der Waals surface area contributed by atoms with Gasteiger partial charge in [-0.2, -0.15) is 5.26 Å². The maximum absolute atomic E-state index is 16.0. The highest BCUT2D eigenvalue weighted by molar-refractivity contribution is 7.81. The molecule has 4 saturated heterocycles. The van der Waals surface area contributed by atoms with Crippen molar-refractivity contribution in [2.75, 3.05) is 65.8 Å². The number of nitriles is 1. The molecule has 1 unspecified atom stereocenters. The molecule has 4 fully saturated rings. The third-order valence-corrected chi connectivity index (χ3v) is 12.9. The van der Waals surface area contributed by atoms with Crippen LogP contribution in [-0.2, 0) is 14.4 Å². The molecule has 12 nitrogen and oxygen atoms in total. The van der Waals surface area contributed by atoms with Gasteiger partial charge in [0.15, 0.2) is 5.11 Å². The van der Waals surface area contributed by atoms with Crippen molar-refractivity contribution in [3.05, 3.63) is 107 Å². The minimum absolute atomic E-state index is 0.0167. The van der Waals surface area contributed by atoms with Crippen LogP contribution < -0.4 is 25.3 Å². The minimum atomic E-state index is -1.21. The molecule has 61 heavy (non-hydrogen) atoms. The summed E-state index contributed by atoms with van der Waals surface area (Å²) in [7, 11) is 0. The Bertz CT molecular complexity index is 2440. The Morgan fingerprint density at radius 1 is 0.902 bits per heavy atom. The SMILES string of the molecule is CC1(C)C(=O)N(c2ccc(C#N)c(Cl)c2)C(=S)N1c1ccc(-c2ccc(C(=O)N3CCC(CN4CCN(c5cccc(NC6CCC(=O)NC6=O)c5)CC4)CC3)cc2)cc1F. The first-order chi connectivity index (χ1) is 29.3. The Morgan fingerprint density at radius 2 is 1.62 bits per heavy atom. The molecule has 15 heteroatoms. The number of carbonyl (C=O) groups excluding carboxylic acids is 4. The highest BCUT2D eigenvalue weighted by Gasteiger charge is 2.51. The Balaban J connectivity index is 0.824. The van der Waals surface area contributed by atoms with Gasteiger partial charge in [0.25, 0.3) is 11.8 Å². The maximum Gasteiger partial charge on any atom is 0.259 e. The normalized spacial score (nSPS) is 19.9. The molecule has 4 aliphatic heterocycles. The van der Waals surface area contributed by atoms with Gasteiger partial charge in [0, 0.05) is 69.2 Å². The number of likely N-dealkylation sites (tertiary alicyclic amines) is 1. The number of amides is 4. The molecule has 0 radical (unpaired) electrons. The highest BCUT2D eigenvalue weighted by atomic mass is 35.5. The van der Waals surface area contributed by atoms with Gasteiger partial charge in [-0.1, -0.05) is 35.9 Å². The molecule has 4 heterocycles. The maximum atomic E-state index is 16.0. The van der Waals surface area contributed by atoms with E-state index >= 15 is 4.39 Å². The molecule has 314 valence electrons. The van der Waals surface area contributed by atoms with E-state index in [-0.39, 0.29) is 45.0 Å². The third-order valence-electron chi connectivity index (χ3n) is 12.2. The van der Waals surface area contributed by atoms with Crippen LogP contribution in [0.1, 0.15) is 55.5 Å². The summed E-state index contributed by atoms with van der Waals surface area (Å²) >= 11 is 12.0. The Hall–Kier alpha value is -5.88. The van der Waals surface area contributed by atoms with E-state index in [2.05, 4.69) is 32.6 Å². The number of nitrogens with zero attached hydrogens (tertiary/aromatic N) is 6. The van der Waals surface area contributed by atoms with Crippen LogP contribution in [-0.4, -0.2) is 95.9 Å². The summed E-state index contributed by atoms with van der Waals surface area (Å²) in [6.45, 7) is 9.42. The number of imide groups is 1. The standard InChI is InChI=1S/C46H46ClFN8O4S/c1-46(2)44(60)55(36-12-10-33(27-49)37(47)26-36)45(61)56(46)40-14-11-32(24-38(40)48)30-6-8-31(9-7-30)43(59)54-18-16-29(17-19-54)28-52-20-22-53(23-21-52)35-5-3-4-34(25-35)50-39-13-15-41(57)51-42(39)58/h3-12,14,24-26,29,39,50H,13,15-23,28H2,1-2H3,(H,51,57,58). The van der Waals surface area contributed by atoms with Crippen molar-refractivity contribution in [1.29, 1.82) is 5.26 Å². The smallest absolute Gasteiger partial charge is 0.259 e. The van der Waals surface area contributed by atoms with Gasteiger partial charge in [-0.25, -0.2) is 4.39 Å². The summed E-state index contributed by atoms with van der Waals surface area (Å²) < 4.78 is 16.0. The average Bonchev–Trinajstić information content (AvgIpc) is 3.43. The third kappa shape index (κ3) is 8.55. The summed E-state index contributed by atoms with van der Waals surface area (Å²) in [5, 5.41) is 15.2. The number of benzene rings is 4. The van der Waals surface area contributed by atoms with Crippen LogP contribution >= 0.6 is 23.8 Å². The fourth-order valence-corrected chi connectivity index (χ4v) is 9.45. The molecule has 0 spiro atoms. The number of nitrogens with one attached hydrogen (secondary N) is 2. The number of piperidine rings is 2. The molecular formula is C46H46ClFN8O4S. The summed E-state index contributed by atoms with van der Waals surface area (Å²) in [4.78, 5) is 60.5. The molecule has 0 aliphatic carbocycles. The van der Waals surface area contributed by atoms with Gasteiger partial charge in [-0.15, -0.1) is 0 Å². The van der Waals surface area contributed by atoms with Crippen LogP contribution in [0, 0.1) is 23.1 Å². The molecule has 4 aromatic rings. The van der Waals surface area contributed by atoms with Crippen LogP contribution in [0.4, 0.5) is 27.1 Å². The first-order valence-corrected chi connectivity index (χ1v) is 21.3. The summed E-state index contributed by atoms with van der Waals surface area (Å²) in [5.74, 6) is -0.932.